The van der Waals surface area contributed by atoms with Gasteiger partial charge in [0, 0.05) is 21.8 Å². The number of rotatable bonds is 1. The summed E-state index contributed by atoms with van der Waals surface area (Å²) in [7, 11) is 0. The first-order valence-corrected chi connectivity index (χ1v) is 11.1. The topological polar surface area (TPSA) is 15.8 Å². The highest BCUT2D eigenvalue weighted by Gasteiger charge is 2.20. The van der Waals surface area contributed by atoms with Crippen LogP contribution < -0.4 is 0 Å². The third kappa shape index (κ3) is 3.19. The normalized spacial score (nSPS) is 11.6. The van der Waals surface area contributed by atoms with Gasteiger partial charge in [-0.25, -0.2) is 0 Å². The van der Waals surface area contributed by atoms with Crippen molar-refractivity contribution in [3.63, 3.8) is 0 Å². The maximum atomic E-state index is 3.38. The highest BCUT2D eigenvalue weighted by atomic mass is 14.7. The van der Waals surface area contributed by atoms with Crippen LogP contribution in [0.3, 0.4) is 0 Å². The number of nitrogens with one attached hydrogen (secondary N) is 1. The Kier molecular flexibility index (Phi) is 4.58. The second kappa shape index (κ2) is 7.86. The van der Waals surface area contributed by atoms with Gasteiger partial charge in [-0.15, -0.1) is 0 Å². The van der Waals surface area contributed by atoms with Crippen LogP contribution in [0.15, 0.2) is 121 Å². The van der Waals surface area contributed by atoms with E-state index in [4.69, 9.17) is 0 Å². The van der Waals surface area contributed by atoms with Gasteiger partial charge in [0.05, 0.1) is 0 Å². The van der Waals surface area contributed by atoms with E-state index in [1.165, 1.54) is 55.2 Å². The second-order valence-corrected chi connectivity index (χ2v) is 8.25. The van der Waals surface area contributed by atoms with Crippen LogP contribution in [-0.4, -0.2) is 4.98 Å². The van der Waals surface area contributed by atoms with Gasteiger partial charge in [0.25, 0.3) is 0 Å². The highest BCUT2D eigenvalue weighted by Crippen LogP contribution is 2.41. The van der Waals surface area contributed by atoms with E-state index in [0.717, 1.165) is 6.42 Å². The molecule has 5 aromatic carbocycles. The van der Waals surface area contributed by atoms with Crippen molar-refractivity contribution in [3.8, 4) is 22.3 Å². The smallest absolute Gasteiger partial charge is 0.0464 e. The van der Waals surface area contributed by atoms with Gasteiger partial charge in [-0.05, 0) is 51.9 Å². The summed E-state index contributed by atoms with van der Waals surface area (Å²) in [4.78, 5) is 3.38. The lowest BCUT2D eigenvalue weighted by Gasteiger charge is -2.08. The maximum absolute atomic E-state index is 3.38. The van der Waals surface area contributed by atoms with Gasteiger partial charge in [-0.2, -0.15) is 0 Å². The summed E-state index contributed by atoms with van der Waals surface area (Å²) in [5.41, 5.74) is 10.8. The lowest BCUT2D eigenvalue weighted by Crippen LogP contribution is -1.87. The van der Waals surface area contributed by atoms with Crippen LogP contribution in [0.2, 0.25) is 0 Å². The monoisotopic (exact) mass is 409 g/mol. The molecule has 7 rings (SSSR count). The van der Waals surface area contributed by atoms with Crippen molar-refractivity contribution in [1.82, 2.24) is 4.98 Å². The van der Waals surface area contributed by atoms with Crippen LogP contribution in [-0.2, 0) is 6.42 Å². The number of para-hydroxylation sites is 2. The van der Waals surface area contributed by atoms with Crippen molar-refractivity contribution >= 4 is 21.8 Å². The van der Waals surface area contributed by atoms with E-state index in [-0.39, 0.29) is 0 Å². The molecule has 152 valence electrons. The minimum atomic E-state index is 1.05. The summed E-state index contributed by atoms with van der Waals surface area (Å²) in [5.74, 6) is 0. The summed E-state index contributed by atoms with van der Waals surface area (Å²) in [5, 5.41) is 2.61. The van der Waals surface area contributed by atoms with Crippen LogP contribution in [0.1, 0.15) is 11.1 Å². The molecule has 0 saturated carbocycles. The van der Waals surface area contributed by atoms with Crippen LogP contribution >= 0.6 is 0 Å². The van der Waals surface area contributed by atoms with Crippen LogP contribution in [0.4, 0.5) is 0 Å². The van der Waals surface area contributed by atoms with E-state index in [2.05, 4.69) is 126 Å². The number of hydrogen-bond donors (Lipinski definition) is 1. The van der Waals surface area contributed by atoms with Crippen LogP contribution in [0.5, 0.6) is 0 Å². The molecule has 0 spiro atoms. The van der Waals surface area contributed by atoms with Gasteiger partial charge in [-0.1, -0.05) is 109 Å². The van der Waals surface area contributed by atoms with Gasteiger partial charge < -0.3 is 4.98 Å². The van der Waals surface area contributed by atoms with Crippen molar-refractivity contribution < 1.29 is 0 Å². The molecule has 1 heterocycles. The molecule has 0 amide bonds. The minimum absolute atomic E-state index is 1.05. The average Bonchev–Trinajstić information content (AvgIpc) is 3.43. The van der Waals surface area contributed by atoms with Crippen molar-refractivity contribution in [1.29, 1.82) is 0 Å². The number of hydrogen-bond acceptors (Lipinski definition) is 0. The van der Waals surface area contributed by atoms with E-state index in [1.54, 1.807) is 0 Å². The van der Waals surface area contributed by atoms with E-state index in [9.17, 15) is 0 Å². The Morgan fingerprint density at radius 3 is 1.75 bits per heavy atom. The molecule has 1 aliphatic carbocycles. The molecule has 0 unspecified atom stereocenters. The van der Waals surface area contributed by atoms with Gasteiger partial charge in [0.1, 0.15) is 0 Å². The molecular weight excluding hydrogens is 386 g/mol. The molecule has 1 N–H and O–H groups in total. The molecule has 0 bridgehead atoms. The summed E-state index contributed by atoms with van der Waals surface area (Å²) >= 11 is 0. The Bertz CT molecular complexity index is 1490. The number of aromatic nitrogens is 1. The molecule has 6 aromatic rings. The molecule has 1 nitrogen and oxygen atoms in total. The van der Waals surface area contributed by atoms with Crippen molar-refractivity contribution in [3.05, 3.63) is 132 Å². The fourth-order valence-electron chi connectivity index (χ4n) is 4.84. The fraction of sp³-hybridized carbons (Fsp3) is 0.0323. The predicted molar refractivity (Wildman–Crippen MR) is 136 cm³/mol. The van der Waals surface area contributed by atoms with Gasteiger partial charge in [0.15, 0.2) is 0 Å². The molecule has 0 fully saturated rings. The molecule has 1 heteroatoms. The first kappa shape index (κ1) is 18.7. The zero-order valence-electron chi connectivity index (χ0n) is 17.8. The van der Waals surface area contributed by atoms with Gasteiger partial charge in [0.2, 0.25) is 0 Å². The highest BCUT2D eigenvalue weighted by molar-refractivity contribution is 6.06. The Morgan fingerprint density at radius 1 is 0.438 bits per heavy atom. The van der Waals surface area contributed by atoms with E-state index in [1.807, 2.05) is 0 Å². The Morgan fingerprint density at radius 2 is 1.00 bits per heavy atom. The summed E-state index contributed by atoms with van der Waals surface area (Å²) in [6, 6.07) is 42.8. The third-order valence-electron chi connectivity index (χ3n) is 6.35. The SMILES string of the molecule is c1ccc(-c2cccc3c2Cc2ccccc2-3)cc1.c1ccc2c(c1)[nH]c1ccccc12. The lowest BCUT2D eigenvalue weighted by atomic mass is 9.96. The zero-order valence-corrected chi connectivity index (χ0v) is 17.8. The molecule has 0 radical (unpaired) electrons. The van der Waals surface area contributed by atoms with Crippen LogP contribution in [0, 0.1) is 0 Å². The molecule has 1 aliphatic rings. The first-order chi connectivity index (χ1) is 15.9. The molecule has 0 aliphatic heterocycles. The largest absolute Gasteiger partial charge is 0.355 e. The van der Waals surface area contributed by atoms with E-state index >= 15 is 0 Å². The number of aromatic amines is 1. The molecule has 32 heavy (non-hydrogen) atoms. The second-order valence-electron chi connectivity index (χ2n) is 8.25. The van der Waals surface area contributed by atoms with Crippen molar-refractivity contribution in [2.24, 2.45) is 0 Å². The fourth-order valence-corrected chi connectivity index (χ4v) is 4.84. The Labute approximate surface area is 188 Å². The molecule has 0 atom stereocenters. The molecule has 1 aromatic heterocycles. The van der Waals surface area contributed by atoms with Gasteiger partial charge >= 0.3 is 0 Å². The summed E-state index contributed by atoms with van der Waals surface area (Å²) in [6.07, 6.45) is 1.05. The maximum Gasteiger partial charge on any atom is 0.0464 e. The van der Waals surface area contributed by atoms with Gasteiger partial charge in [-0.3, -0.25) is 0 Å². The predicted octanol–water partition coefficient (Wildman–Crippen LogP) is 8.25. The minimum Gasteiger partial charge on any atom is -0.355 e. The molecular formula is C31H23N. The van der Waals surface area contributed by atoms with Crippen LogP contribution in [0.25, 0.3) is 44.1 Å². The average molecular weight is 410 g/mol. The summed E-state index contributed by atoms with van der Waals surface area (Å²) in [6.45, 7) is 0. The van der Waals surface area contributed by atoms with E-state index in [0.29, 0.717) is 0 Å². The summed E-state index contributed by atoms with van der Waals surface area (Å²) < 4.78 is 0. The quantitative estimate of drug-likeness (QED) is 0.281. The van der Waals surface area contributed by atoms with E-state index < -0.39 is 0 Å². The number of fused-ring (bicyclic) bond motifs is 6. The Hall–Kier alpha value is -4.10. The standard InChI is InChI=1S/C19H14.C12H9N/c1-2-7-14(8-3-1)16-11-6-12-18-17-10-5-4-9-15(17)13-19(16)18;1-3-7-11-9(5-1)10-6-2-4-8-12(10)13-11/h1-12H,13H2;1-8,13H. The first-order valence-electron chi connectivity index (χ1n) is 11.1. The number of benzene rings is 5. The third-order valence-corrected chi connectivity index (χ3v) is 6.35. The number of H-pyrrole nitrogens is 1. The zero-order chi connectivity index (χ0) is 21.3. The van der Waals surface area contributed by atoms with Crippen molar-refractivity contribution in [2.45, 2.75) is 6.42 Å². The Balaban J connectivity index is 0.000000131. The molecule has 0 saturated heterocycles. The van der Waals surface area contributed by atoms with Crippen molar-refractivity contribution in [2.75, 3.05) is 0 Å². The lowest BCUT2D eigenvalue weighted by molar-refractivity contribution is 1.26.